The summed E-state index contributed by atoms with van der Waals surface area (Å²) in [5, 5.41) is 7.50. The molecule has 0 saturated carbocycles. The topological polar surface area (TPSA) is 76.7 Å². The molecule has 0 spiro atoms. The molecule has 0 fully saturated rings. The molecule has 2 atom stereocenters. The summed E-state index contributed by atoms with van der Waals surface area (Å²) in [6.07, 6.45) is 2.82. The molecule has 1 amide bonds. The van der Waals surface area contributed by atoms with Crippen molar-refractivity contribution in [3.63, 3.8) is 0 Å². The summed E-state index contributed by atoms with van der Waals surface area (Å²) in [6.45, 7) is 2.26. The molecule has 2 heterocycles. The second-order valence-corrected chi connectivity index (χ2v) is 9.40. The zero-order chi connectivity index (χ0) is 22.2. The minimum absolute atomic E-state index is 0.0224. The van der Waals surface area contributed by atoms with E-state index in [1.807, 2.05) is 12.1 Å². The monoisotopic (exact) mass is 448 g/mol. The van der Waals surface area contributed by atoms with Crippen LogP contribution in [0.2, 0.25) is 0 Å². The van der Waals surface area contributed by atoms with E-state index in [9.17, 15) is 9.59 Å². The molecule has 1 aliphatic carbocycles. The predicted octanol–water partition coefficient (Wildman–Crippen LogP) is 4.95. The molecule has 0 radical (unpaired) electrons. The van der Waals surface area contributed by atoms with Crippen LogP contribution in [0.3, 0.4) is 0 Å². The minimum Gasteiger partial charge on any atom is -0.497 e. The molecule has 2 N–H and O–H groups in total. The van der Waals surface area contributed by atoms with Crippen LogP contribution in [0.5, 0.6) is 11.5 Å². The summed E-state index contributed by atoms with van der Waals surface area (Å²) in [4.78, 5) is 26.6. The standard InChI is InChI=1S/C25H24N2O4S/c1-14-3-12-19-20(13-14)32-24-21(19)23(28)26-22(27-24)15-4-10-18(11-5-15)31-25(29)16-6-8-17(30-2)9-7-16/h4-11,14,22,27H,3,12-13H2,1-2H3,(H,26,28)/t14-,22+/m0/s1. The lowest BCUT2D eigenvalue weighted by atomic mass is 9.88. The van der Waals surface area contributed by atoms with Gasteiger partial charge in [-0.05, 0) is 72.7 Å². The number of thiophene rings is 1. The summed E-state index contributed by atoms with van der Waals surface area (Å²) >= 11 is 1.71. The first kappa shape index (κ1) is 20.6. The first-order chi connectivity index (χ1) is 15.5. The molecule has 32 heavy (non-hydrogen) atoms. The summed E-state index contributed by atoms with van der Waals surface area (Å²) in [5.74, 6) is 1.32. The van der Waals surface area contributed by atoms with E-state index in [1.165, 1.54) is 10.4 Å². The third kappa shape index (κ3) is 3.84. The molecule has 3 aromatic rings. The van der Waals surface area contributed by atoms with Gasteiger partial charge < -0.3 is 20.1 Å². The van der Waals surface area contributed by atoms with Crippen LogP contribution >= 0.6 is 11.3 Å². The van der Waals surface area contributed by atoms with Crippen molar-refractivity contribution in [1.82, 2.24) is 5.32 Å². The summed E-state index contributed by atoms with van der Waals surface area (Å²) < 4.78 is 10.6. The van der Waals surface area contributed by atoms with E-state index in [0.29, 0.717) is 23.0 Å². The van der Waals surface area contributed by atoms with E-state index in [0.717, 1.165) is 35.4 Å². The quantitative estimate of drug-likeness (QED) is 0.436. The number of hydrogen-bond donors (Lipinski definition) is 2. The van der Waals surface area contributed by atoms with Gasteiger partial charge in [0, 0.05) is 4.88 Å². The second kappa shape index (κ2) is 8.31. The highest BCUT2D eigenvalue weighted by atomic mass is 32.1. The van der Waals surface area contributed by atoms with Crippen molar-refractivity contribution in [2.45, 2.75) is 32.4 Å². The van der Waals surface area contributed by atoms with Crippen molar-refractivity contribution in [2.75, 3.05) is 12.4 Å². The Balaban J connectivity index is 1.29. The average molecular weight is 449 g/mol. The smallest absolute Gasteiger partial charge is 0.343 e. The number of fused-ring (bicyclic) bond motifs is 3. The Hall–Kier alpha value is -3.32. The van der Waals surface area contributed by atoms with Crippen LogP contribution in [0.4, 0.5) is 5.00 Å². The van der Waals surface area contributed by atoms with E-state index in [2.05, 4.69) is 17.6 Å². The van der Waals surface area contributed by atoms with Gasteiger partial charge in [-0.25, -0.2) is 4.79 Å². The van der Waals surface area contributed by atoms with Crippen LogP contribution in [0, 0.1) is 5.92 Å². The zero-order valence-corrected chi connectivity index (χ0v) is 18.8. The number of anilines is 1. The number of ether oxygens (including phenoxy) is 2. The van der Waals surface area contributed by atoms with Crippen LogP contribution in [-0.4, -0.2) is 19.0 Å². The maximum atomic E-state index is 12.9. The predicted molar refractivity (Wildman–Crippen MR) is 124 cm³/mol. The van der Waals surface area contributed by atoms with Gasteiger partial charge in [0.1, 0.15) is 22.7 Å². The highest BCUT2D eigenvalue weighted by Gasteiger charge is 2.33. The van der Waals surface area contributed by atoms with Gasteiger partial charge in [-0.15, -0.1) is 11.3 Å². The van der Waals surface area contributed by atoms with Gasteiger partial charge in [-0.2, -0.15) is 0 Å². The first-order valence-electron chi connectivity index (χ1n) is 10.7. The Morgan fingerprint density at radius 2 is 1.75 bits per heavy atom. The number of methoxy groups -OCH3 is 1. The van der Waals surface area contributed by atoms with E-state index in [1.54, 1.807) is 54.8 Å². The molecule has 164 valence electrons. The maximum absolute atomic E-state index is 12.9. The number of esters is 1. The van der Waals surface area contributed by atoms with E-state index < -0.39 is 5.97 Å². The lowest BCUT2D eigenvalue weighted by molar-refractivity contribution is 0.0734. The molecule has 1 aromatic heterocycles. The summed E-state index contributed by atoms with van der Waals surface area (Å²) in [5.41, 5.74) is 3.37. The molecule has 1 aliphatic heterocycles. The number of carbonyl (C=O) groups excluding carboxylic acids is 2. The zero-order valence-electron chi connectivity index (χ0n) is 17.9. The van der Waals surface area contributed by atoms with Gasteiger partial charge >= 0.3 is 5.97 Å². The van der Waals surface area contributed by atoms with E-state index in [4.69, 9.17) is 9.47 Å². The number of nitrogens with one attached hydrogen (secondary N) is 2. The Morgan fingerprint density at radius 3 is 2.47 bits per heavy atom. The van der Waals surface area contributed by atoms with Gasteiger partial charge in [0.05, 0.1) is 18.2 Å². The fourth-order valence-electron chi connectivity index (χ4n) is 4.25. The van der Waals surface area contributed by atoms with Gasteiger partial charge in [-0.1, -0.05) is 19.1 Å². The maximum Gasteiger partial charge on any atom is 0.343 e. The van der Waals surface area contributed by atoms with E-state index >= 15 is 0 Å². The van der Waals surface area contributed by atoms with Crippen LogP contribution in [0.25, 0.3) is 0 Å². The van der Waals surface area contributed by atoms with E-state index in [-0.39, 0.29) is 12.1 Å². The minimum atomic E-state index is -0.437. The molecule has 2 aromatic carbocycles. The number of carbonyl (C=O) groups is 2. The first-order valence-corrected chi connectivity index (χ1v) is 11.5. The lowest BCUT2D eigenvalue weighted by Crippen LogP contribution is -2.38. The van der Waals surface area contributed by atoms with Crippen molar-refractivity contribution in [2.24, 2.45) is 5.92 Å². The highest BCUT2D eigenvalue weighted by molar-refractivity contribution is 7.16. The summed E-state index contributed by atoms with van der Waals surface area (Å²) in [6, 6.07) is 13.9. The van der Waals surface area contributed by atoms with Crippen molar-refractivity contribution in [3.8, 4) is 11.5 Å². The fourth-order valence-corrected chi connectivity index (χ4v) is 5.69. The largest absolute Gasteiger partial charge is 0.497 e. The van der Waals surface area contributed by atoms with Crippen LogP contribution < -0.4 is 20.1 Å². The molecule has 0 unspecified atom stereocenters. The average Bonchev–Trinajstić information content (AvgIpc) is 3.17. The summed E-state index contributed by atoms with van der Waals surface area (Å²) in [7, 11) is 1.58. The highest BCUT2D eigenvalue weighted by Crippen LogP contribution is 2.42. The number of rotatable bonds is 4. The van der Waals surface area contributed by atoms with Crippen LogP contribution in [0.1, 0.15) is 56.2 Å². The lowest BCUT2D eigenvalue weighted by Gasteiger charge is -2.27. The van der Waals surface area contributed by atoms with Crippen LogP contribution in [0.15, 0.2) is 48.5 Å². The van der Waals surface area contributed by atoms with Crippen molar-refractivity contribution >= 4 is 28.2 Å². The molecule has 7 heteroatoms. The molecule has 5 rings (SSSR count). The fraction of sp³-hybridized carbons (Fsp3) is 0.280. The SMILES string of the molecule is COc1ccc(C(=O)Oc2ccc([C@@H]3NC(=O)c4c(sc5c4CC[C@H](C)C5)N3)cc2)cc1. The molecule has 2 aliphatic rings. The van der Waals surface area contributed by atoms with Gasteiger partial charge in [0.25, 0.3) is 5.91 Å². The molecule has 0 saturated heterocycles. The van der Waals surface area contributed by atoms with Gasteiger partial charge in [0.2, 0.25) is 0 Å². The normalized spacial score (nSPS) is 19.2. The Labute approximate surface area is 190 Å². The van der Waals surface area contributed by atoms with Gasteiger partial charge in [-0.3, -0.25) is 4.79 Å². The Bertz CT molecular complexity index is 1170. The molecule has 6 nitrogen and oxygen atoms in total. The van der Waals surface area contributed by atoms with Crippen molar-refractivity contribution < 1.29 is 19.1 Å². The number of benzene rings is 2. The van der Waals surface area contributed by atoms with Crippen molar-refractivity contribution in [3.05, 3.63) is 75.7 Å². The Morgan fingerprint density at radius 1 is 1.03 bits per heavy atom. The van der Waals surface area contributed by atoms with Gasteiger partial charge in [0.15, 0.2) is 0 Å². The number of amides is 1. The Kier molecular flexibility index (Phi) is 5.35. The molecular weight excluding hydrogens is 424 g/mol. The third-order valence-electron chi connectivity index (χ3n) is 6.04. The second-order valence-electron chi connectivity index (χ2n) is 8.29. The molecular formula is C25H24N2O4S. The number of hydrogen-bond acceptors (Lipinski definition) is 6. The van der Waals surface area contributed by atoms with Crippen molar-refractivity contribution in [1.29, 1.82) is 0 Å². The third-order valence-corrected chi connectivity index (χ3v) is 7.22. The van der Waals surface area contributed by atoms with Crippen LogP contribution in [-0.2, 0) is 12.8 Å². The molecule has 0 bridgehead atoms.